The zero-order valence-corrected chi connectivity index (χ0v) is 9.33. The van der Waals surface area contributed by atoms with Gasteiger partial charge in [0, 0.05) is 29.0 Å². The Balaban J connectivity index is 2.56. The van der Waals surface area contributed by atoms with Crippen LogP contribution in [-0.2, 0) is 6.54 Å². The number of rotatable bonds is 4. The predicted octanol–water partition coefficient (Wildman–Crippen LogP) is 2.92. The Morgan fingerprint density at radius 3 is 2.85 bits per heavy atom. The van der Waals surface area contributed by atoms with Crippen LogP contribution < -0.4 is 5.32 Å². The second kappa shape index (κ2) is 5.58. The van der Waals surface area contributed by atoms with E-state index in [0.29, 0.717) is 24.5 Å². The molecule has 0 aliphatic heterocycles. The van der Waals surface area contributed by atoms with Crippen molar-refractivity contribution in [1.29, 1.82) is 0 Å². The summed E-state index contributed by atoms with van der Waals surface area (Å²) in [6.45, 7) is 1.21. The SMILES string of the molecule is Fc1cc(Br)ccc1CNCCCl. The summed E-state index contributed by atoms with van der Waals surface area (Å²) >= 11 is 8.67. The lowest BCUT2D eigenvalue weighted by Gasteiger charge is -2.04. The third-order valence-electron chi connectivity index (χ3n) is 1.60. The Kier molecular flexibility index (Phi) is 4.70. The van der Waals surface area contributed by atoms with Crippen molar-refractivity contribution in [2.24, 2.45) is 0 Å². The van der Waals surface area contributed by atoms with Crippen molar-refractivity contribution >= 4 is 27.5 Å². The number of nitrogens with one attached hydrogen (secondary N) is 1. The Bertz CT molecular complexity index is 280. The van der Waals surface area contributed by atoms with Gasteiger partial charge in [0.15, 0.2) is 0 Å². The summed E-state index contributed by atoms with van der Waals surface area (Å²) < 4.78 is 13.9. The summed E-state index contributed by atoms with van der Waals surface area (Å²) in [5.74, 6) is 0.342. The van der Waals surface area contributed by atoms with E-state index in [1.807, 2.05) is 6.07 Å². The first-order valence-electron chi connectivity index (χ1n) is 3.94. The first kappa shape index (κ1) is 11.0. The molecule has 0 saturated heterocycles. The van der Waals surface area contributed by atoms with Gasteiger partial charge < -0.3 is 5.32 Å². The van der Waals surface area contributed by atoms with Gasteiger partial charge in [-0.3, -0.25) is 0 Å². The molecule has 0 atom stereocenters. The first-order chi connectivity index (χ1) is 6.24. The molecule has 1 nitrogen and oxygen atoms in total. The van der Waals surface area contributed by atoms with Gasteiger partial charge in [0.25, 0.3) is 0 Å². The van der Waals surface area contributed by atoms with Crippen molar-refractivity contribution < 1.29 is 4.39 Å². The number of alkyl halides is 1. The van der Waals surface area contributed by atoms with E-state index in [0.717, 1.165) is 4.47 Å². The molecule has 0 radical (unpaired) electrons. The lowest BCUT2D eigenvalue weighted by Crippen LogP contribution is -2.16. The van der Waals surface area contributed by atoms with E-state index < -0.39 is 0 Å². The average molecular weight is 267 g/mol. The van der Waals surface area contributed by atoms with Gasteiger partial charge in [-0.2, -0.15) is 0 Å². The number of benzene rings is 1. The highest BCUT2D eigenvalue weighted by atomic mass is 79.9. The molecule has 13 heavy (non-hydrogen) atoms. The van der Waals surface area contributed by atoms with Crippen LogP contribution in [0.1, 0.15) is 5.56 Å². The molecule has 0 amide bonds. The van der Waals surface area contributed by atoms with Crippen molar-refractivity contribution in [3.05, 3.63) is 34.1 Å². The maximum Gasteiger partial charge on any atom is 0.128 e. The van der Waals surface area contributed by atoms with Crippen LogP contribution in [0.3, 0.4) is 0 Å². The molecule has 1 N–H and O–H groups in total. The topological polar surface area (TPSA) is 12.0 Å². The summed E-state index contributed by atoms with van der Waals surface area (Å²) in [4.78, 5) is 0. The largest absolute Gasteiger partial charge is 0.311 e. The van der Waals surface area contributed by atoms with Crippen LogP contribution in [0.25, 0.3) is 0 Å². The number of hydrogen-bond acceptors (Lipinski definition) is 1. The van der Waals surface area contributed by atoms with E-state index in [4.69, 9.17) is 11.6 Å². The van der Waals surface area contributed by atoms with Gasteiger partial charge in [-0.15, -0.1) is 11.6 Å². The van der Waals surface area contributed by atoms with Gasteiger partial charge in [0.05, 0.1) is 0 Å². The fraction of sp³-hybridized carbons (Fsp3) is 0.333. The van der Waals surface area contributed by atoms with Gasteiger partial charge in [-0.25, -0.2) is 4.39 Å². The van der Waals surface area contributed by atoms with Crippen LogP contribution in [0.4, 0.5) is 4.39 Å². The van der Waals surface area contributed by atoms with Gasteiger partial charge >= 0.3 is 0 Å². The van der Waals surface area contributed by atoms with E-state index in [1.165, 1.54) is 6.07 Å². The van der Waals surface area contributed by atoms with Crippen molar-refractivity contribution in [3.8, 4) is 0 Å². The van der Waals surface area contributed by atoms with Crippen LogP contribution in [-0.4, -0.2) is 12.4 Å². The molecule has 72 valence electrons. The Morgan fingerprint density at radius 1 is 1.46 bits per heavy atom. The molecule has 4 heteroatoms. The average Bonchev–Trinajstić information content (AvgIpc) is 2.09. The molecule has 0 aromatic heterocycles. The minimum atomic E-state index is -0.198. The van der Waals surface area contributed by atoms with Crippen molar-refractivity contribution in [1.82, 2.24) is 5.32 Å². The van der Waals surface area contributed by atoms with Crippen molar-refractivity contribution in [2.75, 3.05) is 12.4 Å². The highest BCUT2D eigenvalue weighted by molar-refractivity contribution is 9.10. The van der Waals surface area contributed by atoms with Crippen molar-refractivity contribution in [3.63, 3.8) is 0 Å². The summed E-state index contributed by atoms with van der Waals surface area (Å²) in [6, 6.07) is 5.03. The quantitative estimate of drug-likeness (QED) is 0.653. The highest BCUT2D eigenvalue weighted by Crippen LogP contribution is 2.14. The molecule has 0 bridgehead atoms. The third kappa shape index (κ3) is 3.63. The standard InChI is InChI=1S/C9H10BrClFN/c10-8-2-1-7(9(12)5-8)6-13-4-3-11/h1-2,5,13H,3-4,6H2. The van der Waals surface area contributed by atoms with Crippen LogP contribution >= 0.6 is 27.5 Å². The lowest BCUT2D eigenvalue weighted by atomic mass is 10.2. The van der Waals surface area contributed by atoms with Gasteiger partial charge in [-0.05, 0) is 12.1 Å². The minimum absolute atomic E-state index is 0.198. The van der Waals surface area contributed by atoms with Gasteiger partial charge in [-0.1, -0.05) is 22.0 Å². The molecule has 1 aromatic carbocycles. The van der Waals surface area contributed by atoms with E-state index in [2.05, 4.69) is 21.2 Å². The summed E-state index contributed by atoms with van der Waals surface area (Å²) in [5, 5.41) is 3.02. The van der Waals surface area contributed by atoms with E-state index in [9.17, 15) is 4.39 Å². The third-order valence-corrected chi connectivity index (χ3v) is 2.28. The van der Waals surface area contributed by atoms with E-state index in [1.54, 1.807) is 6.07 Å². The van der Waals surface area contributed by atoms with E-state index >= 15 is 0 Å². The Hall–Kier alpha value is -0.120. The number of halogens is 3. The second-order valence-electron chi connectivity index (χ2n) is 2.60. The molecule has 0 saturated carbocycles. The summed E-state index contributed by atoms with van der Waals surface area (Å²) in [6.07, 6.45) is 0. The molecule has 1 rings (SSSR count). The highest BCUT2D eigenvalue weighted by Gasteiger charge is 2.01. The zero-order chi connectivity index (χ0) is 9.68. The maximum atomic E-state index is 13.2. The fourth-order valence-corrected chi connectivity index (χ4v) is 1.42. The minimum Gasteiger partial charge on any atom is -0.311 e. The fourth-order valence-electron chi connectivity index (χ4n) is 0.955. The normalized spacial score (nSPS) is 10.4. The monoisotopic (exact) mass is 265 g/mol. The smallest absolute Gasteiger partial charge is 0.128 e. The molecule has 0 spiro atoms. The second-order valence-corrected chi connectivity index (χ2v) is 3.90. The molecular weight excluding hydrogens is 256 g/mol. The Morgan fingerprint density at radius 2 is 2.23 bits per heavy atom. The molecule has 0 unspecified atom stereocenters. The van der Waals surface area contributed by atoms with Crippen molar-refractivity contribution in [2.45, 2.75) is 6.54 Å². The summed E-state index contributed by atoms with van der Waals surface area (Å²) in [5.41, 5.74) is 0.660. The molecule has 0 aliphatic carbocycles. The van der Waals surface area contributed by atoms with Crippen LogP contribution in [0.15, 0.2) is 22.7 Å². The van der Waals surface area contributed by atoms with Crippen LogP contribution in [0, 0.1) is 5.82 Å². The molecule has 0 fully saturated rings. The zero-order valence-electron chi connectivity index (χ0n) is 6.99. The van der Waals surface area contributed by atoms with Gasteiger partial charge in [0.2, 0.25) is 0 Å². The first-order valence-corrected chi connectivity index (χ1v) is 5.27. The summed E-state index contributed by atoms with van der Waals surface area (Å²) in [7, 11) is 0. The maximum absolute atomic E-state index is 13.2. The molecular formula is C9H10BrClFN. The lowest BCUT2D eigenvalue weighted by molar-refractivity contribution is 0.593. The van der Waals surface area contributed by atoms with Gasteiger partial charge in [0.1, 0.15) is 5.82 Å². The number of hydrogen-bond donors (Lipinski definition) is 1. The Labute approximate surface area is 90.4 Å². The van der Waals surface area contributed by atoms with Crippen LogP contribution in [0.2, 0.25) is 0 Å². The molecule has 1 aromatic rings. The predicted molar refractivity (Wildman–Crippen MR) is 56.5 cm³/mol. The van der Waals surface area contributed by atoms with E-state index in [-0.39, 0.29) is 5.82 Å². The van der Waals surface area contributed by atoms with Crippen LogP contribution in [0.5, 0.6) is 0 Å². The molecule has 0 heterocycles. The molecule has 0 aliphatic rings.